The van der Waals surface area contributed by atoms with Gasteiger partial charge >= 0.3 is 0 Å². The Morgan fingerprint density at radius 1 is 1.16 bits per heavy atom. The van der Waals surface area contributed by atoms with E-state index in [1.807, 2.05) is 18.2 Å². The number of rotatable bonds is 9. The van der Waals surface area contributed by atoms with Gasteiger partial charge in [0.25, 0.3) is 0 Å². The fraction of sp³-hybridized carbons (Fsp3) is 0.600. The maximum absolute atomic E-state index is 11.5. The summed E-state index contributed by atoms with van der Waals surface area (Å²) in [6, 6.07) is 10.7. The maximum Gasteiger partial charge on any atom is 0.150 e. The summed E-state index contributed by atoms with van der Waals surface area (Å²) < 4.78 is 23.0. The van der Waals surface area contributed by atoms with E-state index in [1.54, 1.807) is 6.92 Å². The molecule has 108 valence electrons. The van der Waals surface area contributed by atoms with E-state index in [0.717, 1.165) is 25.8 Å². The van der Waals surface area contributed by atoms with Crippen molar-refractivity contribution in [2.45, 2.75) is 39.2 Å². The van der Waals surface area contributed by atoms with Gasteiger partial charge < -0.3 is 5.32 Å². The first kappa shape index (κ1) is 16.2. The van der Waals surface area contributed by atoms with Gasteiger partial charge in [0.1, 0.15) is 9.84 Å². The molecule has 0 amide bonds. The molecule has 1 rings (SSSR count). The fourth-order valence-electron chi connectivity index (χ4n) is 2.16. The molecular weight excluding hydrogens is 258 g/mol. The average molecular weight is 283 g/mol. The lowest BCUT2D eigenvalue weighted by Gasteiger charge is -2.17. The second-order valence-corrected chi connectivity index (χ2v) is 7.30. The van der Waals surface area contributed by atoms with E-state index in [1.165, 1.54) is 5.56 Å². The molecule has 0 fully saturated rings. The molecule has 0 aliphatic carbocycles. The molecule has 1 aromatic rings. The van der Waals surface area contributed by atoms with Crippen LogP contribution in [0.5, 0.6) is 0 Å². The molecule has 0 saturated heterocycles. The van der Waals surface area contributed by atoms with Crippen molar-refractivity contribution in [3.63, 3.8) is 0 Å². The van der Waals surface area contributed by atoms with Crippen LogP contribution in [0.25, 0.3) is 0 Å². The van der Waals surface area contributed by atoms with Crippen molar-refractivity contribution in [2.75, 3.05) is 18.1 Å². The lowest BCUT2D eigenvalue weighted by molar-refractivity contribution is 0.484. The SMILES string of the molecule is CCNC(CCCS(=O)(=O)CC)Cc1ccccc1. The van der Waals surface area contributed by atoms with Crippen LogP contribution < -0.4 is 5.32 Å². The summed E-state index contributed by atoms with van der Waals surface area (Å²) in [7, 11) is -2.83. The summed E-state index contributed by atoms with van der Waals surface area (Å²) in [5.74, 6) is 0.553. The van der Waals surface area contributed by atoms with Crippen LogP contribution >= 0.6 is 0 Å². The molecule has 4 heteroatoms. The van der Waals surface area contributed by atoms with E-state index >= 15 is 0 Å². The smallest absolute Gasteiger partial charge is 0.150 e. The van der Waals surface area contributed by atoms with Crippen LogP contribution in [0.1, 0.15) is 32.3 Å². The third-order valence-electron chi connectivity index (χ3n) is 3.27. The van der Waals surface area contributed by atoms with Gasteiger partial charge in [0, 0.05) is 11.8 Å². The van der Waals surface area contributed by atoms with Crippen molar-refractivity contribution < 1.29 is 8.42 Å². The van der Waals surface area contributed by atoms with Crippen molar-refractivity contribution in [1.29, 1.82) is 0 Å². The van der Waals surface area contributed by atoms with Crippen LogP contribution in [0, 0.1) is 0 Å². The summed E-state index contributed by atoms with van der Waals surface area (Å²) in [4.78, 5) is 0. The third kappa shape index (κ3) is 6.73. The van der Waals surface area contributed by atoms with E-state index in [0.29, 0.717) is 11.8 Å². The molecule has 1 aromatic carbocycles. The Morgan fingerprint density at radius 3 is 2.42 bits per heavy atom. The van der Waals surface area contributed by atoms with Crippen LogP contribution in [-0.2, 0) is 16.3 Å². The average Bonchev–Trinajstić information content (AvgIpc) is 2.40. The maximum atomic E-state index is 11.5. The summed E-state index contributed by atoms with van der Waals surface area (Å²) in [6.07, 6.45) is 2.60. The van der Waals surface area contributed by atoms with Crippen LogP contribution in [0.4, 0.5) is 0 Å². The molecule has 3 nitrogen and oxygen atoms in total. The van der Waals surface area contributed by atoms with Gasteiger partial charge in [-0.05, 0) is 31.4 Å². The summed E-state index contributed by atoms with van der Waals surface area (Å²) in [5, 5.41) is 3.44. The Hall–Kier alpha value is -0.870. The highest BCUT2D eigenvalue weighted by atomic mass is 32.2. The lowest BCUT2D eigenvalue weighted by atomic mass is 10.0. The molecule has 0 heterocycles. The van der Waals surface area contributed by atoms with Gasteiger partial charge in [0.15, 0.2) is 0 Å². The minimum Gasteiger partial charge on any atom is -0.314 e. The largest absolute Gasteiger partial charge is 0.314 e. The van der Waals surface area contributed by atoms with E-state index < -0.39 is 9.84 Å². The Labute approximate surface area is 117 Å². The van der Waals surface area contributed by atoms with Gasteiger partial charge in [0.2, 0.25) is 0 Å². The molecule has 19 heavy (non-hydrogen) atoms. The Kier molecular flexibility index (Phi) is 7.10. The normalized spacial score (nSPS) is 13.4. The number of hydrogen-bond acceptors (Lipinski definition) is 3. The van der Waals surface area contributed by atoms with E-state index in [4.69, 9.17) is 0 Å². The van der Waals surface area contributed by atoms with Crippen molar-refractivity contribution in [2.24, 2.45) is 0 Å². The Balaban J connectivity index is 2.45. The predicted octanol–water partition coefficient (Wildman–Crippen LogP) is 2.42. The van der Waals surface area contributed by atoms with Gasteiger partial charge in [-0.25, -0.2) is 8.42 Å². The Bertz CT molecular complexity index is 442. The lowest BCUT2D eigenvalue weighted by Crippen LogP contribution is -2.31. The zero-order valence-electron chi connectivity index (χ0n) is 11.9. The molecule has 0 aliphatic rings. The highest BCUT2D eigenvalue weighted by molar-refractivity contribution is 7.91. The number of likely N-dealkylation sites (N-methyl/N-ethyl adjacent to an activating group) is 1. The number of hydrogen-bond donors (Lipinski definition) is 1. The molecule has 0 spiro atoms. The molecule has 0 aromatic heterocycles. The minimum atomic E-state index is -2.83. The molecular formula is C15H25NO2S. The van der Waals surface area contributed by atoms with Gasteiger partial charge in [-0.15, -0.1) is 0 Å². The second-order valence-electron chi connectivity index (χ2n) is 4.82. The topological polar surface area (TPSA) is 46.2 Å². The molecule has 1 unspecified atom stereocenters. The monoisotopic (exact) mass is 283 g/mol. The first-order valence-corrected chi connectivity index (χ1v) is 8.87. The number of sulfone groups is 1. The van der Waals surface area contributed by atoms with Crippen molar-refractivity contribution in [3.05, 3.63) is 35.9 Å². The van der Waals surface area contributed by atoms with Crippen LogP contribution in [-0.4, -0.2) is 32.5 Å². The zero-order valence-corrected chi connectivity index (χ0v) is 12.7. The van der Waals surface area contributed by atoms with Crippen LogP contribution in [0.2, 0.25) is 0 Å². The van der Waals surface area contributed by atoms with Crippen molar-refractivity contribution in [3.8, 4) is 0 Å². The summed E-state index contributed by atoms with van der Waals surface area (Å²) >= 11 is 0. The van der Waals surface area contributed by atoms with Gasteiger partial charge in [0.05, 0.1) is 5.75 Å². The van der Waals surface area contributed by atoms with Crippen molar-refractivity contribution >= 4 is 9.84 Å². The first-order chi connectivity index (χ1) is 9.07. The highest BCUT2D eigenvalue weighted by Crippen LogP contribution is 2.09. The third-order valence-corrected chi connectivity index (χ3v) is 5.06. The predicted molar refractivity (Wildman–Crippen MR) is 81.2 cm³/mol. The quantitative estimate of drug-likeness (QED) is 0.757. The number of benzene rings is 1. The summed E-state index contributed by atoms with van der Waals surface area (Å²) in [5.41, 5.74) is 1.30. The van der Waals surface area contributed by atoms with Gasteiger partial charge in [-0.3, -0.25) is 0 Å². The molecule has 0 aliphatic heterocycles. The number of nitrogens with one attached hydrogen (secondary N) is 1. The van der Waals surface area contributed by atoms with Gasteiger partial charge in [-0.2, -0.15) is 0 Å². The van der Waals surface area contributed by atoms with Gasteiger partial charge in [-0.1, -0.05) is 44.2 Å². The van der Waals surface area contributed by atoms with E-state index in [-0.39, 0.29) is 5.75 Å². The molecule has 0 saturated carbocycles. The minimum absolute atomic E-state index is 0.248. The molecule has 1 atom stereocenters. The summed E-state index contributed by atoms with van der Waals surface area (Å²) in [6.45, 7) is 4.71. The standard InChI is InChI=1S/C15H25NO2S/c1-3-16-15(11-8-12-19(17,18)4-2)13-14-9-6-5-7-10-14/h5-7,9-10,15-16H,3-4,8,11-13H2,1-2H3. The van der Waals surface area contributed by atoms with Crippen molar-refractivity contribution in [1.82, 2.24) is 5.32 Å². The van der Waals surface area contributed by atoms with Crippen LogP contribution in [0.15, 0.2) is 30.3 Å². The zero-order chi connectivity index (χ0) is 14.1. The first-order valence-electron chi connectivity index (χ1n) is 7.05. The second kappa shape index (κ2) is 8.33. The van der Waals surface area contributed by atoms with E-state index in [9.17, 15) is 8.42 Å². The molecule has 0 bridgehead atoms. The fourth-order valence-corrected chi connectivity index (χ4v) is 3.05. The molecule has 0 radical (unpaired) electrons. The highest BCUT2D eigenvalue weighted by Gasteiger charge is 2.11. The van der Waals surface area contributed by atoms with Crippen LogP contribution in [0.3, 0.4) is 0 Å². The van der Waals surface area contributed by atoms with E-state index in [2.05, 4.69) is 24.4 Å². The molecule has 1 N–H and O–H groups in total. The Morgan fingerprint density at radius 2 is 1.84 bits per heavy atom.